The number of rotatable bonds is 3. The third-order valence-corrected chi connectivity index (χ3v) is 3.58. The molecule has 92 valence electrons. The second-order valence-electron chi connectivity index (χ2n) is 4.68. The van der Waals surface area contributed by atoms with Crippen molar-refractivity contribution < 1.29 is 4.74 Å². The minimum absolute atomic E-state index is 0.287. The molecule has 17 heavy (non-hydrogen) atoms. The lowest BCUT2D eigenvalue weighted by atomic mass is 9.91. The largest absolute Gasteiger partial charge is 0.501 e. The van der Waals surface area contributed by atoms with E-state index >= 15 is 0 Å². The van der Waals surface area contributed by atoms with Gasteiger partial charge in [0.05, 0.1) is 18.9 Å². The van der Waals surface area contributed by atoms with Crippen molar-refractivity contribution >= 4 is 0 Å². The summed E-state index contributed by atoms with van der Waals surface area (Å²) in [6.45, 7) is 5.21. The van der Waals surface area contributed by atoms with Crippen molar-refractivity contribution in [2.45, 2.75) is 32.7 Å². The molecule has 1 aromatic rings. The number of hydrogen-bond acceptors (Lipinski definition) is 2. The minimum atomic E-state index is 0.287. The second-order valence-corrected chi connectivity index (χ2v) is 4.68. The van der Waals surface area contributed by atoms with Crippen LogP contribution < -0.4 is 5.32 Å². The van der Waals surface area contributed by atoms with Gasteiger partial charge in [-0.1, -0.05) is 18.2 Å². The molecule has 0 fully saturated rings. The Morgan fingerprint density at radius 2 is 2.12 bits per heavy atom. The maximum Gasteiger partial charge on any atom is 0.0876 e. The van der Waals surface area contributed by atoms with Gasteiger partial charge in [-0.3, -0.25) is 0 Å². The molecule has 0 amide bonds. The lowest BCUT2D eigenvalue weighted by Crippen LogP contribution is -2.21. The van der Waals surface area contributed by atoms with Gasteiger partial charge in [0.25, 0.3) is 0 Å². The van der Waals surface area contributed by atoms with Crippen molar-refractivity contribution in [3.63, 3.8) is 0 Å². The lowest BCUT2D eigenvalue weighted by molar-refractivity contribution is 0.220. The molecule has 1 unspecified atom stereocenters. The van der Waals surface area contributed by atoms with Gasteiger partial charge in [-0.25, -0.2) is 0 Å². The lowest BCUT2D eigenvalue weighted by Gasteiger charge is -2.25. The van der Waals surface area contributed by atoms with E-state index in [4.69, 9.17) is 4.74 Å². The highest BCUT2D eigenvalue weighted by molar-refractivity contribution is 5.39. The Labute approximate surface area is 104 Å². The van der Waals surface area contributed by atoms with E-state index in [2.05, 4.69) is 37.4 Å². The van der Waals surface area contributed by atoms with Crippen LogP contribution in [0.1, 0.15) is 35.6 Å². The molecule has 0 saturated carbocycles. The zero-order valence-electron chi connectivity index (χ0n) is 10.9. The van der Waals surface area contributed by atoms with E-state index in [-0.39, 0.29) is 6.04 Å². The van der Waals surface area contributed by atoms with Crippen molar-refractivity contribution in [2.75, 3.05) is 13.7 Å². The number of benzene rings is 1. The first-order chi connectivity index (χ1) is 8.24. The summed E-state index contributed by atoms with van der Waals surface area (Å²) in [4.78, 5) is 0. The molecule has 2 nitrogen and oxygen atoms in total. The fraction of sp³-hybridized carbons (Fsp3) is 0.467. The third-order valence-electron chi connectivity index (χ3n) is 3.58. The Morgan fingerprint density at radius 1 is 1.29 bits per heavy atom. The summed E-state index contributed by atoms with van der Waals surface area (Å²) in [5.74, 6) is 0. The summed E-state index contributed by atoms with van der Waals surface area (Å²) in [5, 5.41) is 3.41. The fourth-order valence-corrected chi connectivity index (χ4v) is 2.42. The Balaban J connectivity index is 2.34. The van der Waals surface area contributed by atoms with Crippen molar-refractivity contribution in [3.05, 3.63) is 46.7 Å². The molecule has 0 aromatic heterocycles. The van der Waals surface area contributed by atoms with Gasteiger partial charge in [-0.15, -0.1) is 0 Å². The second kappa shape index (κ2) is 5.37. The maximum absolute atomic E-state index is 5.45. The molecule has 1 heterocycles. The molecule has 1 aliphatic rings. The summed E-state index contributed by atoms with van der Waals surface area (Å²) in [6.07, 6.45) is 4.18. The molecule has 0 aliphatic carbocycles. The van der Waals surface area contributed by atoms with Crippen LogP contribution in [0.5, 0.6) is 0 Å². The summed E-state index contributed by atoms with van der Waals surface area (Å²) >= 11 is 0. The summed E-state index contributed by atoms with van der Waals surface area (Å²) in [5.41, 5.74) is 5.44. The number of hydrogen-bond donors (Lipinski definition) is 1. The monoisotopic (exact) mass is 231 g/mol. The fourth-order valence-electron chi connectivity index (χ4n) is 2.42. The molecular formula is C15H21NO. The molecule has 0 saturated heterocycles. The molecule has 0 spiro atoms. The molecule has 1 atom stereocenters. The first kappa shape index (κ1) is 12.2. The van der Waals surface area contributed by atoms with Gasteiger partial charge in [0, 0.05) is 0 Å². The standard InChI is InChI=1S/C15H21NO/c1-11-6-4-8-14(12(11)2)15(16-3)13-7-5-9-17-10-13/h4,6,8,10,15-16H,5,7,9H2,1-3H3. The third kappa shape index (κ3) is 2.52. The summed E-state index contributed by atoms with van der Waals surface area (Å²) in [6, 6.07) is 6.79. The average molecular weight is 231 g/mol. The Bertz CT molecular complexity index is 423. The quantitative estimate of drug-likeness (QED) is 0.862. The number of likely N-dealkylation sites (N-methyl/N-ethyl adjacent to an activating group) is 1. The van der Waals surface area contributed by atoms with Gasteiger partial charge in [-0.2, -0.15) is 0 Å². The van der Waals surface area contributed by atoms with E-state index < -0.39 is 0 Å². The SMILES string of the molecule is CNC(C1=COCCC1)c1cccc(C)c1C. The number of aryl methyl sites for hydroxylation is 1. The van der Waals surface area contributed by atoms with Crippen LogP contribution in [0.3, 0.4) is 0 Å². The highest BCUT2D eigenvalue weighted by Crippen LogP contribution is 2.30. The highest BCUT2D eigenvalue weighted by Gasteiger charge is 2.19. The van der Waals surface area contributed by atoms with Crippen LogP contribution in [0.2, 0.25) is 0 Å². The molecule has 2 heteroatoms. The average Bonchev–Trinajstić information content (AvgIpc) is 2.37. The van der Waals surface area contributed by atoms with E-state index in [1.807, 2.05) is 13.3 Å². The molecule has 1 aliphatic heterocycles. The zero-order chi connectivity index (χ0) is 12.3. The van der Waals surface area contributed by atoms with Gasteiger partial charge < -0.3 is 10.1 Å². The van der Waals surface area contributed by atoms with E-state index in [1.165, 1.54) is 22.3 Å². The molecule has 1 N–H and O–H groups in total. The van der Waals surface area contributed by atoms with E-state index in [9.17, 15) is 0 Å². The smallest absolute Gasteiger partial charge is 0.0876 e. The van der Waals surface area contributed by atoms with E-state index in [0.29, 0.717) is 0 Å². The van der Waals surface area contributed by atoms with Gasteiger partial charge in [-0.05, 0) is 56.0 Å². The van der Waals surface area contributed by atoms with Gasteiger partial charge in [0.2, 0.25) is 0 Å². The summed E-state index contributed by atoms with van der Waals surface area (Å²) < 4.78 is 5.45. The first-order valence-corrected chi connectivity index (χ1v) is 6.28. The number of ether oxygens (including phenoxy) is 1. The minimum Gasteiger partial charge on any atom is -0.501 e. The molecule has 1 aromatic carbocycles. The van der Waals surface area contributed by atoms with Crippen LogP contribution in [0.4, 0.5) is 0 Å². The predicted octanol–water partition coefficient (Wildman–Crippen LogP) is 3.26. The van der Waals surface area contributed by atoms with Crippen molar-refractivity contribution in [1.82, 2.24) is 5.32 Å². The first-order valence-electron chi connectivity index (χ1n) is 6.28. The van der Waals surface area contributed by atoms with Gasteiger partial charge >= 0.3 is 0 Å². The normalized spacial score (nSPS) is 17.2. The number of nitrogens with one attached hydrogen (secondary N) is 1. The predicted molar refractivity (Wildman–Crippen MR) is 71.0 cm³/mol. The zero-order valence-corrected chi connectivity index (χ0v) is 10.9. The van der Waals surface area contributed by atoms with E-state index in [0.717, 1.165) is 19.4 Å². The molecule has 0 bridgehead atoms. The topological polar surface area (TPSA) is 21.3 Å². The van der Waals surface area contributed by atoms with Crippen molar-refractivity contribution in [3.8, 4) is 0 Å². The molecular weight excluding hydrogens is 210 g/mol. The Kier molecular flexibility index (Phi) is 3.85. The van der Waals surface area contributed by atoms with Crippen LogP contribution in [-0.2, 0) is 4.74 Å². The Hall–Kier alpha value is -1.28. The highest BCUT2D eigenvalue weighted by atomic mass is 16.5. The van der Waals surface area contributed by atoms with Gasteiger partial charge in [0.1, 0.15) is 0 Å². The van der Waals surface area contributed by atoms with E-state index in [1.54, 1.807) is 0 Å². The van der Waals surface area contributed by atoms with Crippen LogP contribution in [0.25, 0.3) is 0 Å². The van der Waals surface area contributed by atoms with Crippen molar-refractivity contribution in [2.24, 2.45) is 0 Å². The van der Waals surface area contributed by atoms with Crippen molar-refractivity contribution in [1.29, 1.82) is 0 Å². The maximum atomic E-state index is 5.45. The van der Waals surface area contributed by atoms with Crippen LogP contribution in [0.15, 0.2) is 30.0 Å². The van der Waals surface area contributed by atoms with Crippen LogP contribution in [-0.4, -0.2) is 13.7 Å². The van der Waals surface area contributed by atoms with Gasteiger partial charge in [0.15, 0.2) is 0 Å². The molecule has 2 rings (SSSR count). The summed E-state index contributed by atoms with van der Waals surface area (Å²) in [7, 11) is 2.02. The molecule has 0 radical (unpaired) electrons. The Morgan fingerprint density at radius 3 is 2.76 bits per heavy atom. The van der Waals surface area contributed by atoms with Crippen LogP contribution in [0, 0.1) is 13.8 Å². The van der Waals surface area contributed by atoms with Crippen LogP contribution >= 0.6 is 0 Å².